The van der Waals surface area contributed by atoms with Crippen molar-refractivity contribution in [2.75, 3.05) is 0 Å². The van der Waals surface area contributed by atoms with Crippen LogP contribution in [0, 0.1) is 0 Å². The van der Waals surface area contributed by atoms with Gasteiger partial charge in [-0.25, -0.2) is 0 Å². The van der Waals surface area contributed by atoms with Gasteiger partial charge in [-0.3, -0.25) is 4.79 Å². The number of hydrogen-bond acceptors (Lipinski definition) is 2. The van der Waals surface area contributed by atoms with E-state index >= 15 is 0 Å². The molecule has 0 aliphatic carbocycles. The Labute approximate surface area is 128 Å². The van der Waals surface area contributed by atoms with Crippen molar-refractivity contribution >= 4 is 29.0 Å². The van der Waals surface area contributed by atoms with Crippen LogP contribution in [0.1, 0.15) is 11.1 Å². The second-order valence-corrected chi connectivity index (χ2v) is 5.49. The van der Waals surface area contributed by atoms with Crippen molar-refractivity contribution in [3.8, 4) is 0 Å². The van der Waals surface area contributed by atoms with Crippen LogP contribution in [0.3, 0.4) is 0 Å². The average Bonchev–Trinajstić information content (AvgIpc) is 2.44. The zero-order valence-corrected chi connectivity index (χ0v) is 12.2. The number of carbonyl (C=O) groups excluding carboxylic acids is 1. The van der Waals surface area contributed by atoms with Crippen molar-refractivity contribution in [3.05, 3.63) is 69.7 Å². The Bertz CT molecular complexity index is 576. The number of rotatable bonds is 5. The largest absolute Gasteiger partial charge is 0.385 e. The van der Waals surface area contributed by atoms with E-state index in [9.17, 15) is 9.90 Å². The highest BCUT2D eigenvalue weighted by molar-refractivity contribution is 6.30. The van der Waals surface area contributed by atoms with Crippen LogP contribution in [0.25, 0.3) is 0 Å². The second-order valence-electron chi connectivity index (χ2n) is 4.62. The lowest BCUT2D eigenvalue weighted by molar-refractivity contribution is -0.126. The molecular formula is C16H14Cl2O2. The molecule has 1 atom stereocenters. The van der Waals surface area contributed by atoms with Gasteiger partial charge in [0.05, 0.1) is 0 Å². The van der Waals surface area contributed by atoms with Crippen LogP contribution in [-0.4, -0.2) is 17.0 Å². The third-order valence-corrected chi connectivity index (χ3v) is 3.51. The number of halogens is 2. The van der Waals surface area contributed by atoms with Crippen molar-refractivity contribution in [2.45, 2.75) is 18.9 Å². The Kier molecular flexibility index (Phi) is 5.18. The lowest BCUT2D eigenvalue weighted by Gasteiger charge is -2.10. The normalized spacial score (nSPS) is 12.2. The van der Waals surface area contributed by atoms with Gasteiger partial charge in [-0.2, -0.15) is 0 Å². The maximum atomic E-state index is 12.0. The zero-order chi connectivity index (χ0) is 14.5. The van der Waals surface area contributed by atoms with Crippen LogP contribution in [0.2, 0.25) is 10.0 Å². The minimum Gasteiger partial charge on any atom is -0.385 e. The van der Waals surface area contributed by atoms with E-state index in [4.69, 9.17) is 23.2 Å². The first-order valence-corrected chi connectivity index (χ1v) is 7.00. The number of aliphatic hydroxyl groups is 1. The molecule has 0 saturated heterocycles. The average molecular weight is 309 g/mol. The topological polar surface area (TPSA) is 37.3 Å². The standard InChI is InChI=1S/C16H14Cl2O2/c17-13-5-1-11(2-6-13)9-15(19)16(20)10-12-3-7-14(18)8-4-12/h1-8,15,19H,9-10H2. The van der Waals surface area contributed by atoms with Crippen LogP contribution < -0.4 is 0 Å². The quantitative estimate of drug-likeness (QED) is 0.914. The number of carbonyl (C=O) groups is 1. The van der Waals surface area contributed by atoms with Gasteiger partial charge in [0.1, 0.15) is 6.10 Å². The fraction of sp³-hybridized carbons (Fsp3) is 0.188. The Morgan fingerprint density at radius 1 is 0.900 bits per heavy atom. The number of benzene rings is 2. The van der Waals surface area contributed by atoms with Gasteiger partial charge in [-0.05, 0) is 35.4 Å². The molecule has 0 heterocycles. The molecule has 0 amide bonds. The first-order valence-electron chi connectivity index (χ1n) is 6.24. The summed E-state index contributed by atoms with van der Waals surface area (Å²) in [6.45, 7) is 0. The molecule has 2 aromatic carbocycles. The summed E-state index contributed by atoms with van der Waals surface area (Å²) in [5, 5.41) is 11.2. The number of aliphatic hydroxyl groups excluding tert-OH is 1. The molecule has 0 aliphatic rings. The highest BCUT2D eigenvalue weighted by atomic mass is 35.5. The summed E-state index contributed by atoms with van der Waals surface area (Å²) >= 11 is 11.6. The molecule has 0 aliphatic heterocycles. The zero-order valence-electron chi connectivity index (χ0n) is 10.7. The minimum atomic E-state index is -1.01. The SMILES string of the molecule is O=C(Cc1ccc(Cl)cc1)C(O)Cc1ccc(Cl)cc1. The molecule has 0 saturated carbocycles. The van der Waals surface area contributed by atoms with Crippen molar-refractivity contribution in [1.29, 1.82) is 0 Å². The maximum Gasteiger partial charge on any atom is 0.165 e. The third kappa shape index (κ3) is 4.34. The van der Waals surface area contributed by atoms with E-state index in [1.54, 1.807) is 48.5 Å². The van der Waals surface area contributed by atoms with Gasteiger partial charge in [0, 0.05) is 22.9 Å². The van der Waals surface area contributed by atoms with E-state index < -0.39 is 6.10 Å². The summed E-state index contributed by atoms with van der Waals surface area (Å²) in [4.78, 5) is 12.0. The Hall–Kier alpha value is -1.35. The molecule has 1 unspecified atom stereocenters. The summed E-state index contributed by atoms with van der Waals surface area (Å²) < 4.78 is 0. The molecular weight excluding hydrogens is 295 g/mol. The van der Waals surface area contributed by atoms with Crippen molar-refractivity contribution in [2.24, 2.45) is 0 Å². The maximum absolute atomic E-state index is 12.0. The lowest BCUT2D eigenvalue weighted by Crippen LogP contribution is -2.24. The van der Waals surface area contributed by atoms with Gasteiger partial charge in [0.2, 0.25) is 0 Å². The highest BCUT2D eigenvalue weighted by Gasteiger charge is 2.16. The molecule has 0 spiro atoms. The molecule has 2 nitrogen and oxygen atoms in total. The summed E-state index contributed by atoms with van der Waals surface area (Å²) in [7, 11) is 0. The van der Waals surface area contributed by atoms with E-state index in [1.165, 1.54) is 0 Å². The van der Waals surface area contributed by atoms with Crippen LogP contribution in [0.4, 0.5) is 0 Å². The predicted octanol–water partition coefficient (Wildman–Crippen LogP) is 3.71. The summed E-state index contributed by atoms with van der Waals surface area (Å²) in [6.07, 6.45) is -0.512. The molecule has 0 radical (unpaired) electrons. The van der Waals surface area contributed by atoms with Gasteiger partial charge < -0.3 is 5.11 Å². The van der Waals surface area contributed by atoms with E-state index in [0.29, 0.717) is 16.5 Å². The molecule has 4 heteroatoms. The molecule has 1 N–H and O–H groups in total. The number of ketones is 1. The van der Waals surface area contributed by atoms with Gasteiger partial charge in [-0.1, -0.05) is 47.5 Å². The van der Waals surface area contributed by atoms with Crippen molar-refractivity contribution < 1.29 is 9.90 Å². The molecule has 0 aromatic heterocycles. The summed E-state index contributed by atoms with van der Waals surface area (Å²) in [6, 6.07) is 14.1. The van der Waals surface area contributed by atoms with E-state index in [2.05, 4.69) is 0 Å². The molecule has 20 heavy (non-hydrogen) atoms. The predicted molar refractivity (Wildman–Crippen MR) is 81.3 cm³/mol. The van der Waals surface area contributed by atoms with Crippen molar-refractivity contribution in [1.82, 2.24) is 0 Å². The first kappa shape index (κ1) is 15.0. The second kappa shape index (κ2) is 6.89. The Balaban J connectivity index is 1.94. The minimum absolute atomic E-state index is 0.200. The molecule has 2 rings (SSSR count). The number of Topliss-reactive ketones (excluding diaryl/α,β-unsaturated/α-hetero) is 1. The molecule has 2 aromatic rings. The molecule has 104 valence electrons. The monoisotopic (exact) mass is 308 g/mol. The van der Waals surface area contributed by atoms with Crippen molar-refractivity contribution in [3.63, 3.8) is 0 Å². The van der Waals surface area contributed by atoms with E-state index in [0.717, 1.165) is 11.1 Å². The van der Waals surface area contributed by atoms with Gasteiger partial charge in [-0.15, -0.1) is 0 Å². The van der Waals surface area contributed by atoms with Gasteiger partial charge >= 0.3 is 0 Å². The number of hydrogen-bond donors (Lipinski definition) is 1. The Morgan fingerprint density at radius 2 is 1.35 bits per heavy atom. The fourth-order valence-electron chi connectivity index (χ4n) is 1.88. The van der Waals surface area contributed by atoms with Gasteiger partial charge in [0.25, 0.3) is 0 Å². The van der Waals surface area contributed by atoms with E-state index in [-0.39, 0.29) is 12.2 Å². The smallest absolute Gasteiger partial charge is 0.165 e. The summed E-state index contributed by atoms with van der Waals surface area (Å²) in [5.74, 6) is -0.206. The van der Waals surface area contributed by atoms with Crippen LogP contribution in [0.15, 0.2) is 48.5 Å². The lowest BCUT2D eigenvalue weighted by atomic mass is 10.00. The molecule has 0 bridgehead atoms. The first-order chi connectivity index (χ1) is 9.54. The molecule has 0 fully saturated rings. The summed E-state index contributed by atoms with van der Waals surface area (Å²) in [5.41, 5.74) is 1.72. The Morgan fingerprint density at radius 3 is 1.85 bits per heavy atom. The van der Waals surface area contributed by atoms with Gasteiger partial charge in [0.15, 0.2) is 5.78 Å². The van der Waals surface area contributed by atoms with Crippen LogP contribution in [-0.2, 0) is 17.6 Å². The fourth-order valence-corrected chi connectivity index (χ4v) is 2.13. The third-order valence-electron chi connectivity index (χ3n) is 3.01. The van der Waals surface area contributed by atoms with E-state index in [1.807, 2.05) is 0 Å². The highest BCUT2D eigenvalue weighted by Crippen LogP contribution is 2.14. The van der Waals surface area contributed by atoms with Crippen LogP contribution >= 0.6 is 23.2 Å². The van der Waals surface area contributed by atoms with Crippen LogP contribution in [0.5, 0.6) is 0 Å².